The average Bonchev–Trinajstić information content (AvgIpc) is 2.71. The molecular formula is C12H15ClN4O. The van der Waals surface area contributed by atoms with Gasteiger partial charge in [-0.15, -0.1) is 0 Å². The van der Waals surface area contributed by atoms with Crippen LogP contribution >= 0.6 is 11.6 Å². The van der Waals surface area contributed by atoms with E-state index in [1.54, 1.807) is 6.07 Å². The van der Waals surface area contributed by atoms with Gasteiger partial charge in [-0.3, -0.25) is 0 Å². The van der Waals surface area contributed by atoms with Gasteiger partial charge in [0.1, 0.15) is 0 Å². The molecule has 2 aliphatic rings. The Morgan fingerprint density at radius 2 is 2.22 bits per heavy atom. The van der Waals surface area contributed by atoms with E-state index in [0.717, 1.165) is 25.3 Å². The van der Waals surface area contributed by atoms with Crippen LogP contribution in [-0.4, -0.2) is 43.2 Å². The molecule has 6 heteroatoms. The lowest BCUT2D eigenvalue weighted by Crippen LogP contribution is -2.52. The van der Waals surface area contributed by atoms with E-state index >= 15 is 0 Å². The molecule has 0 saturated carbocycles. The Bertz CT molecular complexity index is 493. The average molecular weight is 267 g/mol. The summed E-state index contributed by atoms with van der Waals surface area (Å²) in [6.07, 6.45) is 0. The minimum absolute atomic E-state index is 0.0451. The van der Waals surface area contributed by atoms with E-state index in [9.17, 15) is 4.79 Å². The third kappa shape index (κ3) is 1.84. The third-order valence-corrected chi connectivity index (χ3v) is 3.80. The number of urea groups is 1. The Morgan fingerprint density at radius 1 is 1.39 bits per heavy atom. The third-order valence-electron chi connectivity index (χ3n) is 3.56. The lowest BCUT2D eigenvalue weighted by molar-refractivity contribution is 0.198. The number of rotatable bonds is 1. The first-order chi connectivity index (χ1) is 8.65. The highest BCUT2D eigenvalue weighted by Gasteiger charge is 2.35. The molecule has 1 unspecified atom stereocenters. The molecule has 3 N–H and O–H groups in total. The van der Waals surface area contributed by atoms with Crippen LogP contribution in [0.4, 0.5) is 16.2 Å². The number of nitrogens with zero attached hydrogens (tertiary/aromatic N) is 2. The number of halogens is 1. The molecule has 0 radical (unpaired) electrons. The number of carbonyl (C=O) groups is 1. The summed E-state index contributed by atoms with van der Waals surface area (Å²) in [6, 6.07) is 5.83. The van der Waals surface area contributed by atoms with Crippen LogP contribution in [-0.2, 0) is 0 Å². The smallest absolute Gasteiger partial charge is 0.317 e. The Balaban J connectivity index is 1.80. The lowest BCUT2D eigenvalue weighted by atomic mass is 10.1. The van der Waals surface area contributed by atoms with Gasteiger partial charge in [-0.2, -0.15) is 0 Å². The van der Waals surface area contributed by atoms with E-state index in [1.165, 1.54) is 0 Å². The molecule has 0 spiro atoms. The van der Waals surface area contributed by atoms with Crippen molar-refractivity contribution in [2.24, 2.45) is 0 Å². The Labute approximate surface area is 110 Å². The predicted octanol–water partition coefficient (Wildman–Crippen LogP) is 1.14. The molecule has 0 aliphatic carbocycles. The van der Waals surface area contributed by atoms with Crippen LogP contribution in [0.3, 0.4) is 0 Å². The van der Waals surface area contributed by atoms with Gasteiger partial charge in [-0.05, 0) is 18.2 Å². The fraction of sp³-hybridized carbons (Fsp3) is 0.417. The van der Waals surface area contributed by atoms with Gasteiger partial charge >= 0.3 is 6.03 Å². The second kappa shape index (κ2) is 4.24. The van der Waals surface area contributed by atoms with Crippen molar-refractivity contribution in [2.75, 3.05) is 36.8 Å². The quantitative estimate of drug-likeness (QED) is 0.750. The van der Waals surface area contributed by atoms with Gasteiger partial charge in [0.25, 0.3) is 0 Å². The molecule has 3 rings (SSSR count). The first-order valence-corrected chi connectivity index (χ1v) is 6.37. The van der Waals surface area contributed by atoms with E-state index in [1.807, 2.05) is 17.0 Å². The van der Waals surface area contributed by atoms with E-state index in [4.69, 9.17) is 17.3 Å². The van der Waals surface area contributed by atoms with Crippen LogP contribution in [0.25, 0.3) is 0 Å². The standard InChI is InChI=1S/C12H15ClN4O/c13-8-1-2-11(10(14)5-8)16-3-4-17-9(7-16)6-15-12(17)18/h1-2,5,9H,3-4,6-7,14H2,(H,15,18). The van der Waals surface area contributed by atoms with Gasteiger partial charge in [-0.1, -0.05) is 11.6 Å². The highest BCUT2D eigenvalue weighted by atomic mass is 35.5. The maximum atomic E-state index is 11.5. The number of hydrogen-bond donors (Lipinski definition) is 2. The van der Waals surface area contributed by atoms with Crippen LogP contribution in [0.5, 0.6) is 0 Å². The second-order valence-electron chi connectivity index (χ2n) is 4.68. The molecule has 2 fully saturated rings. The molecule has 2 amide bonds. The molecule has 5 nitrogen and oxygen atoms in total. The summed E-state index contributed by atoms with van der Waals surface area (Å²) in [7, 11) is 0. The van der Waals surface area contributed by atoms with Crippen LogP contribution in [0.15, 0.2) is 18.2 Å². The normalized spacial score (nSPS) is 22.9. The van der Waals surface area contributed by atoms with Gasteiger partial charge in [0.2, 0.25) is 0 Å². The minimum Gasteiger partial charge on any atom is -0.397 e. The summed E-state index contributed by atoms with van der Waals surface area (Å²) in [4.78, 5) is 15.6. The van der Waals surface area contributed by atoms with Crippen molar-refractivity contribution >= 4 is 29.0 Å². The molecule has 1 aromatic carbocycles. The summed E-state index contributed by atoms with van der Waals surface area (Å²) in [6.45, 7) is 3.06. The SMILES string of the molecule is Nc1cc(Cl)ccc1N1CCN2C(=O)NCC2C1. The fourth-order valence-corrected chi connectivity index (χ4v) is 2.82. The molecule has 1 atom stereocenters. The largest absolute Gasteiger partial charge is 0.397 e. The van der Waals surface area contributed by atoms with E-state index < -0.39 is 0 Å². The number of nitrogens with two attached hydrogens (primary N) is 1. The van der Waals surface area contributed by atoms with Crippen molar-refractivity contribution in [2.45, 2.75) is 6.04 Å². The first-order valence-electron chi connectivity index (χ1n) is 5.99. The van der Waals surface area contributed by atoms with Crippen LogP contribution in [0, 0.1) is 0 Å². The molecule has 0 bridgehead atoms. The summed E-state index contributed by atoms with van der Waals surface area (Å²) < 4.78 is 0. The molecule has 2 heterocycles. The van der Waals surface area contributed by atoms with Crippen molar-refractivity contribution in [1.82, 2.24) is 10.2 Å². The fourth-order valence-electron chi connectivity index (χ4n) is 2.64. The van der Waals surface area contributed by atoms with Crippen molar-refractivity contribution in [3.05, 3.63) is 23.2 Å². The molecule has 2 saturated heterocycles. The summed E-state index contributed by atoms with van der Waals surface area (Å²) in [5.74, 6) is 0. The Hall–Kier alpha value is -1.62. The zero-order valence-electron chi connectivity index (χ0n) is 9.90. The summed E-state index contributed by atoms with van der Waals surface area (Å²) in [5.41, 5.74) is 7.68. The Kier molecular flexibility index (Phi) is 2.70. The van der Waals surface area contributed by atoms with Gasteiger partial charge in [0.05, 0.1) is 17.4 Å². The van der Waals surface area contributed by atoms with Crippen LogP contribution in [0.2, 0.25) is 5.02 Å². The maximum Gasteiger partial charge on any atom is 0.317 e. The van der Waals surface area contributed by atoms with Gasteiger partial charge in [-0.25, -0.2) is 4.79 Å². The number of carbonyl (C=O) groups excluding carboxylic acids is 1. The van der Waals surface area contributed by atoms with E-state index in [0.29, 0.717) is 17.3 Å². The highest BCUT2D eigenvalue weighted by molar-refractivity contribution is 6.31. The topological polar surface area (TPSA) is 61.6 Å². The Morgan fingerprint density at radius 3 is 3.00 bits per heavy atom. The first kappa shape index (κ1) is 11.5. The number of benzene rings is 1. The van der Waals surface area contributed by atoms with Gasteiger partial charge in [0.15, 0.2) is 0 Å². The molecule has 1 aromatic rings. The van der Waals surface area contributed by atoms with Crippen molar-refractivity contribution in [3.8, 4) is 0 Å². The summed E-state index contributed by atoms with van der Waals surface area (Å²) in [5, 5.41) is 3.51. The zero-order chi connectivity index (χ0) is 12.7. The lowest BCUT2D eigenvalue weighted by Gasteiger charge is -2.38. The van der Waals surface area contributed by atoms with Crippen molar-refractivity contribution in [3.63, 3.8) is 0 Å². The molecule has 18 heavy (non-hydrogen) atoms. The highest BCUT2D eigenvalue weighted by Crippen LogP contribution is 2.28. The molecule has 96 valence electrons. The van der Waals surface area contributed by atoms with E-state index in [2.05, 4.69) is 10.2 Å². The number of anilines is 2. The van der Waals surface area contributed by atoms with Gasteiger partial charge in [0, 0.05) is 31.2 Å². The number of fused-ring (bicyclic) bond motifs is 1. The number of hydrogen-bond acceptors (Lipinski definition) is 3. The number of amides is 2. The predicted molar refractivity (Wildman–Crippen MR) is 72.0 cm³/mol. The van der Waals surface area contributed by atoms with E-state index in [-0.39, 0.29) is 12.1 Å². The van der Waals surface area contributed by atoms with Crippen LogP contribution in [0.1, 0.15) is 0 Å². The maximum absolute atomic E-state index is 11.5. The van der Waals surface area contributed by atoms with Gasteiger partial charge < -0.3 is 20.9 Å². The van der Waals surface area contributed by atoms with Crippen molar-refractivity contribution in [1.29, 1.82) is 0 Å². The molecule has 0 aromatic heterocycles. The molecule has 2 aliphatic heterocycles. The number of nitrogen functional groups attached to an aromatic ring is 1. The van der Waals surface area contributed by atoms with Crippen LogP contribution < -0.4 is 16.0 Å². The summed E-state index contributed by atoms with van der Waals surface area (Å²) >= 11 is 5.90. The number of piperazine rings is 1. The zero-order valence-corrected chi connectivity index (χ0v) is 10.7. The monoisotopic (exact) mass is 266 g/mol. The minimum atomic E-state index is 0.0451. The number of nitrogens with one attached hydrogen (secondary N) is 1. The molecular weight excluding hydrogens is 252 g/mol. The second-order valence-corrected chi connectivity index (χ2v) is 5.12. The van der Waals surface area contributed by atoms with Crippen molar-refractivity contribution < 1.29 is 4.79 Å².